The molecule has 2 unspecified atom stereocenters. The summed E-state index contributed by atoms with van der Waals surface area (Å²) in [6, 6.07) is 13.2. The molecule has 0 aliphatic carbocycles. The van der Waals surface area contributed by atoms with Crippen molar-refractivity contribution in [1.29, 1.82) is 0 Å². The van der Waals surface area contributed by atoms with Crippen molar-refractivity contribution in [2.24, 2.45) is 11.7 Å². The first-order valence-electron chi connectivity index (χ1n) is 7.73. The highest BCUT2D eigenvalue weighted by Crippen LogP contribution is 2.27. The van der Waals surface area contributed by atoms with E-state index in [1.165, 1.54) is 0 Å². The SMILES string of the molecule is CC(N)C1CCCN(S(=O)(=O)c2ccc3ccccc3c2)C1. The molecule has 2 atom stereocenters. The molecule has 22 heavy (non-hydrogen) atoms. The van der Waals surface area contributed by atoms with E-state index in [0.717, 1.165) is 23.6 Å². The normalized spacial score (nSPS) is 21.8. The number of nitrogens with two attached hydrogens (primary N) is 1. The summed E-state index contributed by atoms with van der Waals surface area (Å²) in [5.74, 6) is 0.240. The van der Waals surface area contributed by atoms with E-state index in [0.29, 0.717) is 18.0 Å². The van der Waals surface area contributed by atoms with Crippen LogP contribution in [0.2, 0.25) is 0 Å². The van der Waals surface area contributed by atoms with E-state index in [4.69, 9.17) is 5.73 Å². The average molecular weight is 318 g/mol. The molecular formula is C17H22N2O2S. The first kappa shape index (κ1) is 15.5. The van der Waals surface area contributed by atoms with Gasteiger partial charge in [0.1, 0.15) is 0 Å². The van der Waals surface area contributed by atoms with Crippen molar-refractivity contribution in [2.45, 2.75) is 30.7 Å². The zero-order valence-electron chi connectivity index (χ0n) is 12.8. The van der Waals surface area contributed by atoms with Crippen molar-refractivity contribution >= 4 is 20.8 Å². The standard InChI is InChI=1S/C17H22N2O2S/c1-13(18)16-7-4-10-19(12-16)22(20,21)17-9-8-14-5-2-3-6-15(14)11-17/h2-3,5-6,8-9,11,13,16H,4,7,10,12,18H2,1H3. The summed E-state index contributed by atoms with van der Waals surface area (Å²) in [5.41, 5.74) is 5.96. The van der Waals surface area contributed by atoms with Crippen LogP contribution in [0.1, 0.15) is 19.8 Å². The molecule has 0 saturated carbocycles. The molecule has 4 nitrogen and oxygen atoms in total. The minimum Gasteiger partial charge on any atom is -0.328 e. The van der Waals surface area contributed by atoms with Crippen LogP contribution in [0.3, 0.4) is 0 Å². The first-order valence-corrected chi connectivity index (χ1v) is 9.17. The first-order chi connectivity index (χ1) is 10.5. The molecule has 2 aromatic rings. The molecule has 2 N–H and O–H groups in total. The van der Waals surface area contributed by atoms with Crippen LogP contribution < -0.4 is 5.73 Å². The maximum atomic E-state index is 12.9. The molecule has 3 rings (SSSR count). The second kappa shape index (κ2) is 5.99. The van der Waals surface area contributed by atoms with E-state index in [1.807, 2.05) is 37.3 Å². The molecule has 118 valence electrons. The van der Waals surface area contributed by atoms with Crippen molar-refractivity contribution in [1.82, 2.24) is 4.31 Å². The van der Waals surface area contributed by atoms with Gasteiger partial charge in [0.05, 0.1) is 4.90 Å². The second-order valence-electron chi connectivity index (χ2n) is 6.13. The Morgan fingerprint density at radius 3 is 2.64 bits per heavy atom. The van der Waals surface area contributed by atoms with Gasteiger partial charge in [-0.3, -0.25) is 0 Å². The van der Waals surface area contributed by atoms with E-state index < -0.39 is 10.0 Å². The van der Waals surface area contributed by atoms with Crippen molar-refractivity contribution in [3.05, 3.63) is 42.5 Å². The van der Waals surface area contributed by atoms with Crippen LogP contribution in [-0.4, -0.2) is 31.9 Å². The fraction of sp³-hybridized carbons (Fsp3) is 0.412. The zero-order valence-corrected chi connectivity index (χ0v) is 13.6. The van der Waals surface area contributed by atoms with E-state index in [1.54, 1.807) is 16.4 Å². The molecule has 1 aliphatic rings. The summed E-state index contributed by atoms with van der Waals surface area (Å²) >= 11 is 0. The Balaban J connectivity index is 1.93. The third-order valence-corrected chi connectivity index (χ3v) is 6.38. The van der Waals surface area contributed by atoms with Gasteiger partial charge in [0.2, 0.25) is 10.0 Å². The van der Waals surface area contributed by atoms with Crippen molar-refractivity contribution in [2.75, 3.05) is 13.1 Å². The van der Waals surface area contributed by atoms with Gasteiger partial charge in [0, 0.05) is 19.1 Å². The van der Waals surface area contributed by atoms with Gasteiger partial charge >= 0.3 is 0 Å². The molecule has 1 fully saturated rings. The number of rotatable bonds is 3. The molecule has 0 aromatic heterocycles. The highest BCUT2D eigenvalue weighted by atomic mass is 32.2. The molecule has 1 aliphatic heterocycles. The largest absolute Gasteiger partial charge is 0.328 e. The molecular weight excluding hydrogens is 296 g/mol. The van der Waals surface area contributed by atoms with Crippen LogP contribution in [-0.2, 0) is 10.0 Å². The van der Waals surface area contributed by atoms with Gasteiger partial charge in [-0.05, 0) is 48.6 Å². The molecule has 0 bridgehead atoms. The second-order valence-corrected chi connectivity index (χ2v) is 8.07. The topological polar surface area (TPSA) is 63.4 Å². The van der Waals surface area contributed by atoms with Gasteiger partial charge in [-0.1, -0.05) is 30.3 Å². The molecule has 2 aromatic carbocycles. The lowest BCUT2D eigenvalue weighted by Crippen LogP contribution is -2.44. The van der Waals surface area contributed by atoms with E-state index in [9.17, 15) is 8.42 Å². The Morgan fingerprint density at radius 1 is 1.18 bits per heavy atom. The summed E-state index contributed by atoms with van der Waals surface area (Å²) < 4.78 is 27.4. The number of fused-ring (bicyclic) bond motifs is 1. The van der Waals surface area contributed by atoms with Crippen molar-refractivity contribution in [3.8, 4) is 0 Å². The Hall–Kier alpha value is -1.43. The molecule has 1 saturated heterocycles. The lowest BCUT2D eigenvalue weighted by atomic mass is 9.93. The van der Waals surface area contributed by atoms with E-state index in [-0.39, 0.29) is 12.0 Å². The zero-order chi connectivity index (χ0) is 15.7. The van der Waals surface area contributed by atoms with Crippen LogP contribution in [0.15, 0.2) is 47.4 Å². The van der Waals surface area contributed by atoms with E-state index >= 15 is 0 Å². The summed E-state index contributed by atoms with van der Waals surface area (Å²) in [5, 5.41) is 2.00. The average Bonchev–Trinajstić information content (AvgIpc) is 2.54. The Bertz CT molecular complexity index is 771. The third-order valence-electron chi connectivity index (χ3n) is 4.52. The predicted octanol–water partition coefficient (Wildman–Crippen LogP) is 2.59. The highest BCUT2D eigenvalue weighted by Gasteiger charge is 2.31. The summed E-state index contributed by atoms with van der Waals surface area (Å²) in [6.07, 6.45) is 1.88. The lowest BCUT2D eigenvalue weighted by Gasteiger charge is -2.33. The number of sulfonamides is 1. The quantitative estimate of drug-likeness (QED) is 0.946. The summed E-state index contributed by atoms with van der Waals surface area (Å²) in [4.78, 5) is 0.372. The third kappa shape index (κ3) is 2.89. The Kier molecular flexibility index (Phi) is 4.21. The van der Waals surface area contributed by atoms with Gasteiger partial charge in [0.15, 0.2) is 0 Å². The number of piperidine rings is 1. The predicted molar refractivity (Wildman–Crippen MR) is 89.1 cm³/mol. The summed E-state index contributed by atoms with van der Waals surface area (Å²) in [6.45, 7) is 3.06. The minimum atomic E-state index is -3.44. The molecule has 0 radical (unpaired) electrons. The molecule has 0 amide bonds. The molecule has 0 spiro atoms. The minimum absolute atomic E-state index is 0.0228. The fourth-order valence-corrected chi connectivity index (χ4v) is 4.67. The van der Waals surface area contributed by atoms with Gasteiger partial charge < -0.3 is 5.73 Å². The van der Waals surface area contributed by atoms with Crippen LogP contribution in [0.25, 0.3) is 10.8 Å². The summed E-state index contributed by atoms with van der Waals surface area (Å²) in [7, 11) is -3.44. The molecule has 5 heteroatoms. The van der Waals surface area contributed by atoms with Crippen molar-refractivity contribution < 1.29 is 8.42 Å². The van der Waals surface area contributed by atoms with Gasteiger partial charge in [-0.15, -0.1) is 0 Å². The van der Waals surface area contributed by atoms with Gasteiger partial charge in [0.25, 0.3) is 0 Å². The number of nitrogens with zero attached hydrogens (tertiary/aromatic N) is 1. The molecule has 1 heterocycles. The van der Waals surface area contributed by atoms with Crippen LogP contribution in [0.5, 0.6) is 0 Å². The monoisotopic (exact) mass is 318 g/mol. The van der Waals surface area contributed by atoms with E-state index in [2.05, 4.69) is 0 Å². The Morgan fingerprint density at radius 2 is 1.91 bits per heavy atom. The van der Waals surface area contributed by atoms with Crippen LogP contribution in [0.4, 0.5) is 0 Å². The van der Waals surface area contributed by atoms with Crippen molar-refractivity contribution in [3.63, 3.8) is 0 Å². The smallest absolute Gasteiger partial charge is 0.243 e. The lowest BCUT2D eigenvalue weighted by molar-refractivity contribution is 0.243. The fourth-order valence-electron chi connectivity index (χ4n) is 3.10. The van der Waals surface area contributed by atoms with Crippen LogP contribution in [0, 0.1) is 5.92 Å². The number of hydrogen-bond donors (Lipinski definition) is 1. The Labute approximate surface area is 132 Å². The number of hydrogen-bond acceptors (Lipinski definition) is 3. The maximum absolute atomic E-state index is 12.9. The van der Waals surface area contributed by atoms with Crippen LogP contribution >= 0.6 is 0 Å². The maximum Gasteiger partial charge on any atom is 0.243 e. The highest BCUT2D eigenvalue weighted by molar-refractivity contribution is 7.89. The number of benzene rings is 2. The van der Waals surface area contributed by atoms with Gasteiger partial charge in [-0.2, -0.15) is 4.31 Å². The van der Waals surface area contributed by atoms with Gasteiger partial charge in [-0.25, -0.2) is 8.42 Å².